The Balaban J connectivity index is 2.49. The normalized spacial score (nSPS) is 12.9. The molecule has 0 radical (unpaired) electrons. The van der Waals surface area contributed by atoms with Crippen molar-refractivity contribution in [1.82, 2.24) is 0 Å². The summed E-state index contributed by atoms with van der Waals surface area (Å²) in [5.74, 6) is -10.0. The minimum Gasteiger partial charge on any atom is -0.873 e. The van der Waals surface area contributed by atoms with E-state index in [0.717, 1.165) is 0 Å². The Bertz CT molecular complexity index is 808. The van der Waals surface area contributed by atoms with Crippen molar-refractivity contribution in [2.45, 2.75) is 0 Å². The quantitative estimate of drug-likeness (QED) is 0.476. The van der Waals surface area contributed by atoms with Crippen LogP contribution in [0.2, 0.25) is 0 Å². The zero-order valence-corrected chi connectivity index (χ0v) is 10.5. The molecule has 2 aromatic rings. The zero-order chi connectivity index (χ0) is 16.3. The van der Waals surface area contributed by atoms with Crippen LogP contribution in [0, 0.1) is 0 Å². The summed E-state index contributed by atoms with van der Waals surface area (Å²) >= 11 is 0. The molecule has 0 bridgehead atoms. The van der Waals surface area contributed by atoms with Gasteiger partial charge in [0.05, 0.1) is 0 Å². The molecule has 0 aliphatic heterocycles. The van der Waals surface area contributed by atoms with Gasteiger partial charge in [0.15, 0.2) is 11.6 Å². The summed E-state index contributed by atoms with van der Waals surface area (Å²) < 4.78 is 0. The summed E-state index contributed by atoms with van der Waals surface area (Å²) in [6, 6.07) is 0.768. The van der Waals surface area contributed by atoms with Crippen molar-refractivity contribution in [3.05, 3.63) is 34.4 Å². The van der Waals surface area contributed by atoms with Gasteiger partial charge in [-0.25, -0.2) is 0 Å². The fourth-order valence-electron chi connectivity index (χ4n) is 2.38. The molecule has 0 unspecified atom stereocenters. The van der Waals surface area contributed by atoms with Crippen molar-refractivity contribution in [2.75, 3.05) is 0 Å². The highest BCUT2D eigenvalue weighted by Crippen LogP contribution is 2.45. The molecule has 8 nitrogen and oxygen atoms in total. The molecule has 0 amide bonds. The van der Waals surface area contributed by atoms with Gasteiger partial charge in [0.2, 0.25) is 0 Å². The molecule has 22 heavy (non-hydrogen) atoms. The van der Waals surface area contributed by atoms with Gasteiger partial charge in [0.25, 0.3) is 0 Å². The topological polar surface area (TPSA) is 170 Å². The fraction of sp³-hybridized carbons (Fsp3) is 0. The first-order valence-corrected chi connectivity index (χ1v) is 5.81. The van der Waals surface area contributed by atoms with Crippen molar-refractivity contribution >= 4 is 11.6 Å². The number of carbonyl (C=O) groups is 2. The first-order chi connectivity index (χ1) is 10.3. The summed E-state index contributed by atoms with van der Waals surface area (Å²) in [7, 11) is 0. The lowest BCUT2D eigenvalue weighted by Gasteiger charge is -2.34. The lowest BCUT2D eigenvalue weighted by molar-refractivity contribution is -0.320. The predicted octanol–water partition coefficient (Wildman–Crippen LogP) is -2.46. The van der Waals surface area contributed by atoms with E-state index in [2.05, 4.69) is 0 Å². The summed E-state index contributed by atoms with van der Waals surface area (Å²) in [6.45, 7) is 0. The first kappa shape index (κ1) is 13.6. The van der Waals surface area contributed by atoms with Gasteiger partial charge in [0, 0.05) is 22.3 Å². The highest BCUT2D eigenvalue weighted by atomic mass is 16.3. The van der Waals surface area contributed by atoms with Crippen LogP contribution < -0.4 is 25.5 Å². The average molecular weight is 299 g/mol. The van der Waals surface area contributed by atoms with Gasteiger partial charge in [-0.1, -0.05) is 23.3 Å². The summed E-state index contributed by atoms with van der Waals surface area (Å²) in [6.07, 6.45) is 0. The number of carbonyl (C=O) groups excluding carboxylic acids is 2. The summed E-state index contributed by atoms with van der Waals surface area (Å²) in [5.41, 5.74) is -3.80. The molecule has 0 atom stereocenters. The van der Waals surface area contributed by atoms with Gasteiger partial charge in [-0.15, -0.1) is 11.5 Å². The summed E-state index contributed by atoms with van der Waals surface area (Å²) in [4.78, 5) is 24.4. The minimum absolute atomic E-state index is 0.336. The molecule has 0 spiro atoms. The van der Waals surface area contributed by atoms with E-state index in [1.54, 1.807) is 0 Å². The molecule has 0 aromatic heterocycles. The van der Waals surface area contributed by atoms with Gasteiger partial charge >= 0.3 is 0 Å². The van der Waals surface area contributed by atoms with Crippen LogP contribution in [0.15, 0.2) is 12.1 Å². The van der Waals surface area contributed by atoms with Crippen LogP contribution in [-0.2, 0) is 0 Å². The standard InChI is InChI=1S/C14H8O8/c15-3-1-5(17)11(19)9-7(3)13(21)10-8(14(9)22)4(16)2-6(18)12(10)20/h1-2,15-20H/p-5. The van der Waals surface area contributed by atoms with E-state index in [-0.39, 0.29) is 0 Å². The van der Waals surface area contributed by atoms with E-state index in [9.17, 15) is 40.2 Å². The monoisotopic (exact) mass is 299 g/mol. The van der Waals surface area contributed by atoms with Crippen LogP contribution in [-0.4, -0.2) is 16.7 Å². The Morgan fingerprint density at radius 2 is 1.09 bits per heavy atom. The van der Waals surface area contributed by atoms with Crippen LogP contribution in [0.3, 0.4) is 0 Å². The second kappa shape index (κ2) is 4.04. The van der Waals surface area contributed by atoms with Crippen LogP contribution in [0.4, 0.5) is 0 Å². The number of hydrogen-bond donors (Lipinski definition) is 1. The Hall–Kier alpha value is -3.42. The maximum absolute atomic E-state index is 12.2. The van der Waals surface area contributed by atoms with Crippen LogP contribution >= 0.6 is 0 Å². The molecule has 2 aromatic carbocycles. The Morgan fingerprint density at radius 1 is 0.636 bits per heavy atom. The van der Waals surface area contributed by atoms with E-state index in [1.165, 1.54) is 0 Å². The van der Waals surface area contributed by atoms with Gasteiger partial charge in [-0.2, -0.15) is 0 Å². The van der Waals surface area contributed by atoms with Gasteiger partial charge in [-0.05, 0) is 6.07 Å². The van der Waals surface area contributed by atoms with Crippen LogP contribution in [0.1, 0.15) is 31.8 Å². The number of phenolic OH excluding ortho intramolecular Hbond substituents is 1. The maximum Gasteiger partial charge on any atom is 0.193 e. The molecule has 3 rings (SSSR count). The van der Waals surface area contributed by atoms with E-state index in [0.29, 0.717) is 12.1 Å². The third-order valence-electron chi connectivity index (χ3n) is 3.34. The smallest absolute Gasteiger partial charge is 0.193 e. The highest BCUT2D eigenvalue weighted by Gasteiger charge is 2.32. The second-order valence-corrected chi connectivity index (χ2v) is 4.58. The first-order valence-electron chi connectivity index (χ1n) is 5.81. The molecule has 0 saturated carbocycles. The largest absolute Gasteiger partial charge is 0.873 e. The number of ketones is 2. The average Bonchev–Trinajstić information content (AvgIpc) is 2.44. The van der Waals surface area contributed by atoms with E-state index < -0.39 is 68.3 Å². The molecule has 8 heteroatoms. The number of fused-ring (bicyclic) bond motifs is 2. The number of benzene rings is 2. The molecule has 1 aliphatic rings. The van der Waals surface area contributed by atoms with Crippen molar-refractivity contribution in [3.8, 4) is 34.5 Å². The molecule has 0 saturated heterocycles. The van der Waals surface area contributed by atoms with E-state index >= 15 is 0 Å². The molecule has 1 N–H and O–H groups in total. The maximum atomic E-state index is 12.2. The van der Waals surface area contributed by atoms with E-state index in [4.69, 9.17) is 0 Å². The van der Waals surface area contributed by atoms with Gasteiger partial charge < -0.3 is 30.6 Å². The minimum atomic E-state index is -1.39. The number of phenols is 1. The molecule has 112 valence electrons. The van der Waals surface area contributed by atoms with Crippen LogP contribution in [0.25, 0.3) is 0 Å². The zero-order valence-electron chi connectivity index (χ0n) is 10.5. The fourth-order valence-corrected chi connectivity index (χ4v) is 2.38. The van der Waals surface area contributed by atoms with Crippen LogP contribution in [0.5, 0.6) is 34.5 Å². The molecule has 1 aliphatic carbocycles. The van der Waals surface area contributed by atoms with Crippen molar-refractivity contribution in [2.24, 2.45) is 0 Å². The molecular formula is C14H3O8-5. The van der Waals surface area contributed by atoms with Gasteiger partial charge in [-0.3, -0.25) is 9.59 Å². The number of hydrogen-bond acceptors (Lipinski definition) is 8. The van der Waals surface area contributed by atoms with Crippen molar-refractivity contribution in [3.63, 3.8) is 0 Å². The highest BCUT2D eigenvalue weighted by molar-refractivity contribution is 6.32. The Kier molecular flexibility index (Phi) is 2.49. The summed E-state index contributed by atoms with van der Waals surface area (Å²) in [5, 5.41) is 67.7. The third kappa shape index (κ3) is 1.46. The second-order valence-electron chi connectivity index (χ2n) is 4.58. The Morgan fingerprint density at radius 3 is 1.64 bits per heavy atom. The SMILES string of the molecule is O=C1c2c([O-])cc(O)c([O-])c2C(=O)c2c([O-])cc([O-])c([O-])c21. The molecular weight excluding hydrogens is 296 g/mol. The number of rotatable bonds is 0. The predicted molar refractivity (Wildman–Crippen MR) is 58.6 cm³/mol. The number of aromatic hydroxyl groups is 1. The Labute approximate surface area is 121 Å². The van der Waals surface area contributed by atoms with Crippen molar-refractivity contribution in [1.29, 1.82) is 0 Å². The lowest BCUT2D eigenvalue weighted by Crippen LogP contribution is -2.27. The van der Waals surface area contributed by atoms with E-state index in [1.807, 2.05) is 0 Å². The van der Waals surface area contributed by atoms with Gasteiger partial charge in [0.1, 0.15) is 5.75 Å². The molecule has 0 fully saturated rings. The lowest BCUT2D eigenvalue weighted by atomic mass is 9.81. The molecule has 0 heterocycles. The van der Waals surface area contributed by atoms with Crippen molar-refractivity contribution < 1.29 is 40.2 Å². The third-order valence-corrected chi connectivity index (χ3v) is 3.34.